The van der Waals surface area contributed by atoms with E-state index in [4.69, 9.17) is 0 Å². The average molecular weight is 457 g/mol. The van der Waals surface area contributed by atoms with E-state index in [9.17, 15) is 0 Å². The van der Waals surface area contributed by atoms with E-state index in [1.807, 2.05) is 0 Å². The van der Waals surface area contributed by atoms with Gasteiger partial charge in [-0.3, -0.25) is 0 Å². The Morgan fingerprint density at radius 2 is 0.750 bits per heavy atom. The smallest absolute Gasteiger partial charge is 0.00266 e. The SMILES string of the molecule is c1ccc(-c2ccc3cc(-c4c5ccccc5cc5cc(-c6ccccc6)ccc45)ccc3c2)cc1. The first-order valence-electron chi connectivity index (χ1n) is 12.4. The lowest BCUT2D eigenvalue weighted by Gasteiger charge is -2.14. The van der Waals surface area contributed by atoms with Crippen molar-refractivity contribution in [3.8, 4) is 33.4 Å². The summed E-state index contributed by atoms with van der Waals surface area (Å²) in [6, 6.07) is 52.8. The van der Waals surface area contributed by atoms with Crippen molar-refractivity contribution in [3.63, 3.8) is 0 Å². The van der Waals surface area contributed by atoms with Crippen molar-refractivity contribution < 1.29 is 0 Å². The molecule has 0 nitrogen and oxygen atoms in total. The molecule has 0 aliphatic heterocycles. The van der Waals surface area contributed by atoms with Crippen LogP contribution in [-0.4, -0.2) is 0 Å². The Morgan fingerprint density at radius 3 is 1.44 bits per heavy atom. The third-order valence-corrected chi connectivity index (χ3v) is 7.21. The minimum absolute atomic E-state index is 1.24. The van der Waals surface area contributed by atoms with E-state index in [2.05, 4.69) is 146 Å². The summed E-state index contributed by atoms with van der Waals surface area (Å²) in [7, 11) is 0. The predicted octanol–water partition coefficient (Wildman–Crippen LogP) is 10.1. The predicted molar refractivity (Wildman–Crippen MR) is 155 cm³/mol. The van der Waals surface area contributed by atoms with Gasteiger partial charge in [0.1, 0.15) is 0 Å². The van der Waals surface area contributed by atoms with Gasteiger partial charge in [-0.05, 0) is 90.0 Å². The molecule has 0 bridgehead atoms. The van der Waals surface area contributed by atoms with Crippen LogP contribution < -0.4 is 0 Å². The molecule has 0 heterocycles. The second kappa shape index (κ2) is 8.52. The maximum absolute atomic E-state index is 2.34. The Labute approximate surface area is 211 Å². The van der Waals surface area contributed by atoms with Crippen LogP contribution in [0.4, 0.5) is 0 Å². The summed E-state index contributed by atoms with van der Waals surface area (Å²) in [5, 5.41) is 7.63. The zero-order valence-electron chi connectivity index (χ0n) is 19.9. The van der Waals surface area contributed by atoms with E-state index in [1.165, 1.54) is 65.7 Å². The summed E-state index contributed by atoms with van der Waals surface area (Å²) in [4.78, 5) is 0. The molecule has 0 saturated heterocycles. The molecule has 7 rings (SSSR count). The molecular weight excluding hydrogens is 432 g/mol. The third kappa shape index (κ3) is 3.56. The van der Waals surface area contributed by atoms with E-state index < -0.39 is 0 Å². The van der Waals surface area contributed by atoms with Gasteiger partial charge in [0.05, 0.1) is 0 Å². The molecule has 0 aliphatic carbocycles. The highest BCUT2D eigenvalue weighted by Crippen LogP contribution is 2.39. The van der Waals surface area contributed by atoms with Crippen molar-refractivity contribution in [2.45, 2.75) is 0 Å². The molecule has 0 aliphatic rings. The monoisotopic (exact) mass is 456 g/mol. The molecule has 168 valence electrons. The van der Waals surface area contributed by atoms with Crippen molar-refractivity contribution in [3.05, 3.63) is 146 Å². The van der Waals surface area contributed by atoms with Gasteiger partial charge in [-0.1, -0.05) is 121 Å². The van der Waals surface area contributed by atoms with Crippen molar-refractivity contribution in [1.82, 2.24) is 0 Å². The molecule has 0 fully saturated rings. The number of benzene rings is 7. The highest BCUT2D eigenvalue weighted by molar-refractivity contribution is 6.14. The molecule has 0 amide bonds. The molecule has 7 aromatic carbocycles. The molecule has 0 heteroatoms. The van der Waals surface area contributed by atoms with Crippen molar-refractivity contribution in [2.24, 2.45) is 0 Å². The molecule has 0 radical (unpaired) electrons. The Balaban J connectivity index is 1.43. The fourth-order valence-electron chi connectivity index (χ4n) is 5.41. The molecule has 0 N–H and O–H groups in total. The van der Waals surface area contributed by atoms with Crippen LogP contribution in [0.2, 0.25) is 0 Å². The number of hydrogen-bond donors (Lipinski definition) is 0. The lowest BCUT2D eigenvalue weighted by atomic mass is 9.89. The van der Waals surface area contributed by atoms with E-state index >= 15 is 0 Å². The van der Waals surface area contributed by atoms with Crippen molar-refractivity contribution in [2.75, 3.05) is 0 Å². The van der Waals surface area contributed by atoms with Gasteiger partial charge in [-0.2, -0.15) is 0 Å². The summed E-state index contributed by atoms with van der Waals surface area (Å²) < 4.78 is 0. The van der Waals surface area contributed by atoms with Crippen LogP contribution in [0.3, 0.4) is 0 Å². The molecular formula is C36H24. The van der Waals surface area contributed by atoms with Gasteiger partial charge in [0.25, 0.3) is 0 Å². The van der Waals surface area contributed by atoms with Gasteiger partial charge < -0.3 is 0 Å². The topological polar surface area (TPSA) is 0 Å². The summed E-state index contributed by atoms with van der Waals surface area (Å²) >= 11 is 0. The van der Waals surface area contributed by atoms with Gasteiger partial charge in [0, 0.05) is 0 Å². The summed E-state index contributed by atoms with van der Waals surface area (Å²) in [5.41, 5.74) is 7.55. The van der Waals surface area contributed by atoms with Crippen molar-refractivity contribution in [1.29, 1.82) is 0 Å². The quantitative estimate of drug-likeness (QED) is 0.232. The Kier molecular flexibility index (Phi) is 4.89. The Morgan fingerprint density at radius 1 is 0.250 bits per heavy atom. The van der Waals surface area contributed by atoms with Crippen LogP contribution in [0.5, 0.6) is 0 Å². The van der Waals surface area contributed by atoms with E-state index in [1.54, 1.807) is 0 Å². The van der Waals surface area contributed by atoms with E-state index in [0.29, 0.717) is 0 Å². The molecule has 0 saturated carbocycles. The summed E-state index contributed by atoms with van der Waals surface area (Å²) in [5.74, 6) is 0. The lowest BCUT2D eigenvalue weighted by molar-refractivity contribution is 1.64. The highest BCUT2D eigenvalue weighted by atomic mass is 14.2. The van der Waals surface area contributed by atoms with Crippen LogP contribution >= 0.6 is 0 Å². The molecule has 0 unspecified atom stereocenters. The van der Waals surface area contributed by atoms with Gasteiger partial charge in [-0.25, -0.2) is 0 Å². The number of fused-ring (bicyclic) bond motifs is 3. The highest BCUT2D eigenvalue weighted by Gasteiger charge is 2.12. The summed E-state index contributed by atoms with van der Waals surface area (Å²) in [6.45, 7) is 0. The van der Waals surface area contributed by atoms with E-state index in [0.717, 1.165) is 0 Å². The first-order chi connectivity index (χ1) is 17.8. The fourth-order valence-corrected chi connectivity index (χ4v) is 5.41. The Bertz CT molecular complexity index is 1860. The molecule has 7 aromatic rings. The fraction of sp³-hybridized carbons (Fsp3) is 0. The van der Waals surface area contributed by atoms with Crippen molar-refractivity contribution >= 4 is 32.3 Å². The molecule has 0 atom stereocenters. The van der Waals surface area contributed by atoms with E-state index in [-0.39, 0.29) is 0 Å². The second-order valence-corrected chi connectivity index (χ2v) is 9.42. The average Bonchev–Trinajstić information content (AvgIpc) is 2.96. The lowest BCUT2D eigenvalue weighted by Crippen LogP contribution is -1.87. The minimum atomic E-state index is 1.24. The Hall–Kier alpha value is -4.68. The van der Waals surface area contributed by atoms with Gasteiger partial charge in [0.2, 0.25) is 0 Å². The first kappa shape index (κ1) is 20.7. The summed E-state index contributed by atoms with van der Waals surface area (Å²) in [6.07, 6.45) is 0. The van der Waals surface area contributed by atoms with Gasteiger partial charge in [0.15, 0.2) is 0 Å². The van der Waals surface area contributed by atoms with Gasteiger partial charge in [-0.15, -0.1) is 0 Å². The molecule has 36 heavy (non-hydrogen) atoms. The van der Waals surface area contributed by atoms with Crippen LogP contribution in [0.25, 0.3) is 65.7 Å². The second-order valence-electron chi connectivity index (χ2n) is 9.42. The standard InChI is InChI=1S/C36H24/c1-3-9-25(10-4-1)27-15-16-30-22-32(18-17-29(30)21-27)36-34-14-8-7-13-31(34)24-33-23-28(19-20-35(33)36)26-11-5-2-6-12-26/h1-24H. The first-order valence-corrected chi connectivity index (χ1v) is 12.4. The van der Waals surface area contributed by atoms with Crippen LogP contribution in [0, 0.1) is 0 Å². The molecule has 0 spiro atoms. The third-order valence-electron chi connectivity index (χ3n) is 7.21. The number of rotatable bonds is 3. The van der Waals surface area contributed by atoms with Crippen LogP contribution in [-0.2, 0) is 0 Å². The molecule has 0 aromatic heterocycles. The normalized spacial score (nSPS) is 11.3. The number of hydrogen-bond acceptors (Lipinski definition) is 0. The largest absolute Gasteiger partial charge is 0.0622 e. The zero-order chi connectivity index (χ0) is 23.9. The van der Waals surface area contributed by atoms with Crippen LogP contribution in [0.1, 0.15) is 0 Å². The van der Waals surface area contributed by atoms with Crippen LogP contribution in [0.15, 0.2) is 146 Å². The minimum Gasteiger partial charge on any atom is -0.0622 e. The maximum Gasteiger partial charge on any atom is -0.00266 e. The maximum atomic E-state index is 2.34. The van der Waals surface area contributed by atoms with Gasteiger partial charge >= 0.3 is 0 Å². The zero-order valence-corrected chi connectivity index (χ0v) is 19.9.